The van der Waals surface area contributed by atoms with E-state index in [9.17, 15) is 24.8 Å². The number of rotatable bonds is 6. The van der Waals surface area contributed by atoms with Gasteiger partial charge < -0.3 is 10.0 Å². The number of carbonyl (C=O) groups excluding carboxylic acids is 1. The zero-order chi connectivity index (χ0) is 19.4. The Kier molecular flexibility index (Phi) is 5.49. The molecule has 3 rings (SSSR count). The van der Waals surface area contributed by atoms with Crippen molar-refractivity contribution in [1.82, 2.24) is 4.90 Å². The molecule has 1 saturated heterocycles. The molecule has 0 radical (unpaired) electrons. The molecule has 0 aliphatic carbocycles. The second kappa shape index (κ2) is 7.99. The molecule has 2 aromatic carbocycles. The summed E-state index contributed by atoms with van der Waals surface area (Å²) >= 11 is 0. The van der Waals surface area contributed by atoms with Gasteiger partial charge in [-0.15, -0.1) is 0 Å². The van der Waals surface area contributed by atoms with Crippen molar-refractivity contribution in [2.24, 2.45) is 5.92 Å². The fraction of sp³-hybridized carbons (Fsp3) is 0.300. The van der Waals surface area contributed by atoms with E-state index in [1.165, 1.54) is 12.1 Å². The van der Waals surface area contributed by atoms with E-state index in [0.29, 0.717) is 18.5 Å². The third-order valence-electron chi connectivity index (χ3n) is 4.97. The summed E-state index contributed by atoms with van der Waals surface area (Å²) in [5, 5.41) is 20.4. The van der Waals surface area contributed by atoms with Crippen molar-refractivity contribution in [1.29, 1.82) is 0 Å². The zero-order valence-electron chi connectivity index (χ0n) is 14.7. The lowest BCUT2D eigenvalue weighted by Crippen LogP contribution is -2.30. The highest BCUT2D eigenvalue weighted by Crippen LogP contribution is 2.33. The summed E-state index contributed by atoms with van der Waals surface area (Å²) in [5.41, 5.74) is 1.63. The first-order valence-corrected chi connectivity index (χ1v) is 8.74. The van der Waals surface area contributed by atoms with E-state index in [-0.39, 0.29) is 30.5 Å². The van der Waals surface area contributed by atoms with E-state index in [4.69, 9.17) is 0 Å². The van der Waals surface area contributed by atoms with Crippen LogP contribution in [0.3, 0.4) is 0 Å². The largest absolute Gasteiger partial charge is 0.481 e. The Morgan fingerprint density at radius 2 is 1.85 bits per heavy atom. The van der Waals surface area contributed by atoms with E-state index in [1.54, 1.807) is 17.0 Å². The standard InChI is InChI=1S/C20H20N2O5/c23-19(10-9-14-5-4-8-16(11-14)22(26)27)21-12-17(18(13-21)20(24)25)15-6-2-1-3-7-15/h1-8,11,17-18H,9-10,12-13H2,(H,24,25). The van der Waals surface area contributed by atoms with Crippen LogP contribution in [-0.2, 0) is 16.0 Å². The summed E-state index contributed by atoms with van der Waals surface area (Å²) in [6.07, 6.45) is 0.569. The molecule has 1 aliphatic heterocycles. The average Bonchev–Trinajstić information content (AvgIpc) is 3.13. The smallest absolute Gasteiger partial charge is 0.308 e. The number of hydrogen-bond acceptors (Lipinski definition) is 4. The van der Waals surface area contributed by atoms with Crippen LogP contribution in [0.5, 0.6) is 0 Å². The number of non-ortho nitro benzene ring substituents is 1. The number of carboxylic acid groups (broad SMARTS) is 1. The van der Waals surface area contributed by atoms with Crippen molar-refractivity contribution in [2.45, 2.75) is 18.8 Å². The number of nitro benzene ring substituents is 1. The van der Waals surface area contributed by atoms with Gasteiger partial charge >= 0.3 is 5.97 Å². The van der Waals surface area contributed by atoms with Gasteiger partial charge in [0.15, 0.2) is 0 Å². The first kappa shape index (κ1) is 18.6. The molecule has 1 N–H and O–H groups in total. The highest BCUT2D eigenvalue weighted by atomic mass is 16.6. The highest BCUT2D eigenvalue weighted by Gasteiger charge is 2.40. The Bertz CT molecular complexity index is 852. The molecule has 0 saturated carbocycles. The minimum Gasteiger partial charge on any atom is -0.481 e. The lowest BCUT2D eigenvalue weighted by molar-refractivity contribution is -0.384. The van der Waals surface area contributed by atoms with Gasteiger partial charge in [0.25, 0.3) is 5.69 Å². The Labute approximate surface area is 156 Å². The number of nitro groups is 1. The van der Waals surface area contributed by atoms with Crippen LogP contribution in [0.2, 0.25) is 0 Å². The predicted octanol–water partition coefficient (Wildman–Crippen LogP) is 2.85. The van der Waals surface area contributed by atoms with Crippen LogP contribution >= 0.6 is 0 Å². The maximum absolute atomic E-state index is 12.6. The Morgan fingerprint density at radius 3 is 2.52 bits per heavy atom. The molecule has 1 aliphatic rings. The molecule has 2 unspecified atom stereocenters. The number of aryl methyl sites for hydroxylation is 1. The number of likely N-dealkylation sites (tertiary alicyclic amines) is 1. The Hall–Kier alpha value is -3.22. The van der Waals surface area contributed by atoms with Gasteiger partial charge in [-0.25, -0.2) is 0 Å². The van der Waals surface area contributed by atoms with Gasteiger partial charge in [-0.1, -0.05) is 42.5 Å². The molecule has 27 heavy (non-hydrogen) atoms. The van der Waals surface area contributed by atoms with Crippen molar-refractivity contribution < 1.29 is 19.6 Å². The van der Waals surface area contributed by atoms with E-state index in [2.05, 4.69) is 0 Å². The number of amides is 1. The molecule has 1 amide bonds. The van der Waals surface area contributed by atoms with E-state index in [0.717, 1.165) is 5.56 Å². The minimum absolute atomic E-state index is 0.00351. The van der Waals surface area contributed by atoms with Crippen LogP contribution in [-0.4, -0.2) is 39.9 Å². The fourth-order valence-electron chi connectivity index (χ4n) is 3.53. The second-order valence-corrected chi connectivity index (χ2v) is 6.69. The van der Waals surface area contributed by atoms with Gasteiger partial charge in [0.05, 0.1) is 10.8 Å². The van der Waals surface area contributed by atoms with Crippen molar-refractivity contribution in [3.63, 3.8) is 0 Å². The summed E-state index contributed by atoms with van der Waals surface area (Å²) in [7, 11) is 0. The summed E-state index contributed by atoms with van der Waals surface area (Å²) in [5.74, 6) is -1.90. The fourth-order valence-corrected chi connectivity index (χ4v) is 3.53. The zero-order valence-corrected chi connectivity index (χ0v) is 14.7. The summed E-state index contributed by atoms with van der Waals surface area (Å²) in [4.78, 5) is 36.2. The predicted molar refractivity (Wildman–Crippen MR) is 98.3 cm³/mol. The molecule has 2 aromatic rings. The molecule has 7 nitrogen and oxygen atoms in total. The van der Waals surface area contributed by atoms with E-state index >= 15 is 0 Å². The van der Waals surface area contributed by atoms with Crippen LogP contribution in [0, 0.1) is 16.0 Å². The Balaban J connectivity index is 1.66. The molecule has 140 valence electrons. The van der Waals surface area contributed by atoms with Crippen LogP contribution in [0.15, 0.2) is 54.6 Å². The third kappa shape index (κ3) is 4.31. The first-order chi connectivity index (χ1) is 13.0. The number of aliphatic carboxylic acids is 1. The van der Waals surface area contributed by atoms with Crippen LogP contribution < -0.4 is 0 Å². The molecule has 7 heteroatoms. The molecule has 0 spiro atoms. The summed E-state index contributed by atoms with van der Waals surface area (Å²) in [6, 6.07) is 15.6. The number of carbonyl (C=O) groups is 2. The lowest BCUT2D eigenvalue weighted by atomic mass is 9.89. The maximum atomic E-state index is 12.6. The molecule has 2 atom stereocenters. The Morgan fingerprint density at radius 1 is 1.11 bits per heavy atom. The molecular formula is C20H20N2O5. The topological polar surface area (TPSA) is 101 Å². The van der Waals surface area contributed by atoms with Gasteiger partial charge in [-0.05, 0) is 17.5 Å². The second-order valence-electron chi connectivity index (χ2n) is 6.69. The summed E-state index contributed by atoms with van der Waals surface area (Å²) in [6.45, 7) is 0.553. The molecule has 0 aromatic heterocycles. The molecular weight excluding hydrogens is 348 g/mol. The average molecular weight is 368 g/mol. The SMILES string of the molecule is O=C(O)C1CN(C(=O)CCc2cccc([N+](=O)[O-])c2)CC1c1ccccc1. The first-order valence-electron chi connectivity index (χ1n) is 8.74. The van der Waals surface area contributed by atoms with Crippen molar-refractivity contribution in [3.05, 3.63) is 75.8 Å². The van der Waals surface area contributed by atoms with Crippen molar-refractivity contribution >= 4 is 17.6 Å². The monoisotopic (exact) mass is 368 g/mol. The maximum Gasteiger partial charge on any atom is 0.308 e. The van der Waals surface area contributed by atoms with Crippen molar-refractivity contribution in [3.8, 4) is 0 Å². The summed E-state index contributed by atoms with van der Waals surface area (Å²) < 4.78 is 0. The molecule has 0 bridgehead atoms. The normalized spacial score (nSPS) is 19.0. The van der Waals surface area contributed by atoms with Gasteiger partial charge in [-0.3, -0.25) is 19.7 Å². The number of benzene rings is 2. The van der Waals surface area contributed by atoms with Crippen molar-refractivity contribution in [2.75, 3.05) is 13.1 Å². The number of nitrogens with zero attached hydrogens (tertiary/aromatic N) is 2. The third-order valence-corrected chi connectivity index (χ3v) is 4.97. The quantitative estimate of drug-likeness (QED) is 0.624. The van der Waals surface area contributed by atoms with E-state index < -0.39 is 16.8 Å². The van der Waals surface area contributed by atoms with Gasteiger partial charge in [-0.2, -0.15) is 0 Å². The van der Waals surface area contributed by atoms with Gasteiger partial charge in [0, 0.05) is 37.6 Å². The molecule has 1 heterocycles. The van der Waals surface area contributed by atoms with E-state index in [1.807, 2.05) is 30.3 Å². The van der Waals surface area contributed by atoms with Crippen LogP contribution in [0.25, 0.3) is 0 Å². The van der Waals surface area contributed by atoms with Crippen LogP contribution in [0.4, 0.5) is 5.69 Å². The highest BCUT2D eigenvalue weighted by molar-refractivity contribution is 5.80. The number of carboxylic acids is 1. The number of hydrogen-bond donors (Lipinski definition) is 1. The van der Waals surface area contributed by atoms with Gasteiger partial charge in [0.2, 0.25) is 5.91 Å². The lowest BCUT2D eigenvalue weighted by Gasteiger charge is -2.16. The van der Waals surface area contributed by atoms with Crippen LogP contribution in [0.1, 0.15) is 23.5 Å². The minimum atomic E-state index is -0.905. The molecule has 1 fully saturated rings. The van der Waals surface area contributed by atoms with Gasteiger partial charge in [0.1, 0.15) is 0 Å².